The highest BCUT2D eigenvalue weighted by Gasteiger charge is 2.50. The first-order valence-corrected chi connectivity index (χ1v) is 15.2. The molecule has 3 aromatic carbocycles. The quantitative estimate of drug-likeness (QED) is 0.237. The maximum Gasteiger partial charge on any atom is 0.377 e. The van der Waals surface area contributed by atoms with Crippen LogP contribution in [0.5, 0.6) is 0 Å². The maximum absolute atomic E-state index is 15.8. The lowest BCUT2D eigenvalue weighted by Crippen LogP contribution is -2.66. The highest BCUT2D eigenvalue weighted by Crippen LogP contribution is 2.39. The van der Waals surface area contributed by atoms with Crippen LogP contribution in [0.2, 0.25) is 5.04 Å². The van der Waals surface area contributed by atoms with Gasteiger partial charge in [-0.05, 0) is 35.3 Å². The van der Waals surface area contributed by atoms with E-state index in [-0.39, 0.29) is 30.1 Å². The van der Waals surface area contributed by atoms with E-state index in [9.17, 15) is 14.7 Å². The number of carbonyl (C=O) groups excluding carboxylic acids is 1. The van der Waals surface area contributed by atoms with Crippen molar-refractivity contribution in [1.82, 2.24) is 0 Å². The summed E-state index contributed by atoms with van der Waals surface area (Å²) in [6, 6.07) is 20.8. The molecule has 3 aromatic rings. The summed E-state index contributed by atoms with van der Waals surface area (Å²) in [4.78, 5) is 25.6. The topological polar surface area (TPSA) is 76.1 Å². The molecule has 6 nitrogen and oxygen atoms in total. The number of aliphatic carboxylic acids is 1. The van der Waals surface area contributed by atoms with Gasteiger partial charge in [0.2, 0.25) is 0 Å². The van der Waals surface area contributed by atoms with Gasteiger partial charge in [-0.2, -0.15) is 0 Å². The molecule has 1 fully saturated rings. The lowest BCUT2D eigenvalue weighted by molar-refractivity contribution is -0.131. The number of rotatable bonds is 8. The number of benzene rings is 3. The summed E-state index contributed by atoms with van der Waals surface area (Å²) in [6.07, 6.45) is -0.506. The van der Waals surface area contributed by atoms with Crippen LogP contribution in [0.1, 0.15) is 50.5 Å². The van der Waals surface area contributed by atoms with E-state index in [1.807, 2.05) is 74.5 Å². The van der Waals surface area contributed by atoms with Gasteiger partial charge in [0.1, 0.15) is 0 Å². The fourth-order valence-electron chi connectivity index (χ4n) is 5.71. The predicted octanol–water partition coefficient (Wildman–Crippen LogP) is 4.92. The Morgan fingerprint density at radius 2 is 1.45 bits per heavy atom. The molecule has 0 saturated carbocycles. The van der Waals surface area contributed by atoms with Crippen LogP contribution in [0, 0.1) is 11.6 Å². The van der Waals surface area contributed by atoms with Crippen LogP contribution in [0.15, 0.2) is 66.7 Å². The summed E-state index contributed by atoms with van der Waals surface area (Å²) in [5, 5.41) is 10.9. The van der Waals surface area contributed by atoms with E-state index in [2.05, 4.69) is 20.8 Å². The number of anilines is 1. The van der Waals surface area contributed by atoms with Crippen molar-refractivity contribution in [2.75, 3.05) is 18.0 Å². The van der Waals surface area contributed by atoms with Crippen LogP contribution in [-0.4, -0.2) is 50.5 Å². The fourth-order valence-corrected chi connectivity index (χ4v) is 10.2. The van der Waals surface area contributed by atoms with Crippen molar-refractivity contribution in [3.8, 4) is 0 Å². The summed E-state index contributed by atoms with van der Waals surface area (Å²) < 4.78 is 43.8. The van der Waals surface area contributed by atoms with Crippen LogP contribution >= 0.6 is 0 Å². The first-order valence-electron chi connectivity index (χ1n) is 13.3. The van der Waals surface area contributed by atoms with Gasteiger partial charge >= 0.3 is 5.97 Å². The third-order valence-electron chi connectivity index (χ3n) is 7.30. The normalized spacial score (nSPS) is 18.0. The molecule has 0 unspecified atom stereocenters. The predicted molar refractivity (Wildman–Crippen MR) is 153 cm³/mol. The van der Waals surface area contributed by atoms with Crippen molar-refractivity contribution >= 4 is 36.1 Å². The molecule has 0 radical (unpaired) electrons. The van der Waals surface area contributed by atoms with Gasteiger partial charge in [-0.15, -0.1) is 0 Å². The molecule has 9 heteroatoms. The Labute approximate surface area is 234 Å². The van der Waals surface area contributed by atoms with Gasteiger partial charge < -0.3 is 19.2 Å². The van der Waals surface area contributed by atoms with Crippen molar-refractivity contribution in [2.24, 2.45) is 0 Å². The molecule has 0 amide bonds. The van der Waals surface area contributed by atoms with Crippen molar-refractivity contribution in [3.05, 3.63) is 89.5 Å². The number of halogens is 2. The smallest absolute Gasteiger partial charge is 0.377 e. The Balaban J connectivity index is 1.91. The molecule has 212 valence electrons. The second-order valence-corrected chi connectivity index (χ2v) is 15.6. The Kier molecular flexibility index (Phi) is 8.58. The SMILES string of the molecule is C[C@@H]1CN(c2c(CO[Si](c3ccccc3)(c3ccccc3)C(C)(C)C)cc(C(=O)C(=O)O)c(F)c2F)C[C@@H](C)O1. The third-order valence-corrected chi connectivity index (χ3v) is 12.3. The van der Waals surface area contributed by atoms with Gasteiger partial charge in [0.25, 0.3) is 14.1 Å². The summed E-state index contributed by atoms with van der Waals surface area (Å²) in [6.45, 7) is 10.4. The Morgan fingerprint density at radius 3 is 1.90 bits per heavy atom. The van der Waals surface area contributed by atoms with Crippen molar-refractivity contribution < 1.29 is 32.6 Å². The van der Waals surface area contributed by atoms with Crippen LogP contribution in [-0.2, 0) is 20.6 Å². The van der Waals surface area contributed by atoms with Crippen LogP contribution in [0.4, 0.5) is 14.5 Å². The first kappa shape index (κ1) is 29.6. The zero-order chi connectivity index (χ0) is 29.2. The van der Waals surface area contributed by atoms with Gasteiger partial charge in [0.05, 0.1) is 30.1 Å². The number of hydrogen-bond acceptors (Lipinski definition) is 5. The standard InChI is InChI=1S/C31H35F2NO5Si/c1-20-17-34(18-21(2)39-20)28-22(16-25(26(32)27(28)33)29(35)30(36)37)19-38-40(31(3,4)5,23-12-8-6-9-13-23)24-14-10-7-11-15-24/h6-16,20-21H,17-19H2,1-5H3,(H,36,37)/t20-,21-/m1/s1. The first-order chi connectivity index (χ1) is 18.9. The van der Waals surface area contributed by atoms with E-state index in [1.165, 1.54) is 0 Å². The van der Waals surface area contributed by atoms with Gasteiger partial charge in [-0.3, -0.25) is 4.79 Å². The maximum atomic E-state index is 15.8. The zero-order valence-corrected chi connectivity index (χ0v) is 24.4. The zero-order valence-electron chi connectivity index (χ0n) is 23.4. The number of nitrogens with zero attached hydrogens (tertiary/aromatic N) is 1. The van der Waals surface area contributed by atoms with Gasteiger partial charge in [-0.25, -0.2) is 13.6 Å². The minimum absolute atomic E-state index is 0.0422. The Hall–Kier alpha value is -3.40. The highest BCUT2D eigenvalue weighted by atomic mass is 28.4. The average Bonchev–Trinajstić information content (AvgIpc) is 2.90. The molecule has 1 aliphatic heterocycles. The largest absolute Gasteiger partial charge is 0.475 e. The molecule has 40 heavy (non-hydrogen) atoms. The lowest BCUT2D eigenvalue weighted by atomic mass is 10.0. The summed E-state index contributed by atoms with van der Waals surface area (Å²) in [7, 11) is -3.09. The van der Waals surface area contributed by atoms with Gasteiger partial charge in [0.15, 0.2) is 11.6 Å². The van der Waals surface area contributed by atoms with Crippen LogP contribution < -0.4 is 15.3 Å². The van der Waals surface area contributed by atoms with E-state index < -0.39 is 42.3 Å². The molecule has 1 N–H and O–H groups in total. The number of ketones is 1. The van der Waals surface area contributed by atoms with E-state index in [0.29, 0.717) is 13.1 Å². The summed E-state index contributed by atoms with van der Waals surface area (Å²) in [5.41, 5.74) is -0.665. The average molecular weight is 568 g/mol. The van der Waals surface area contributed by atoms with E-state index >= 15 is 8.78 Å². The molecule has 0 spiro atoms. The molecule has 0 aliphatic carbocycles. The molecule has 1 heterocycles. The Morgan fingerprint density at radius 1 is 0.950 bits per heavy atom. The minimum atomic E-state index is -3.09. The van der Waals surface area contributed by atoms with E-state index in [4.69, 9.17) is 9.16 Å². The summed E-state index contributed by atoms with van der Waals surface area (Å²) >= 11 is 0. The molecular formula is C31H35F2NO5Si. The number of hydrogen-bond donors (Lipinski definition) is 1. The van der Waals surface area contributed by atoms with Crippen molar-refractivity contribution in [2.45, 2.75) is 58.5 Å². The Bertz CT molecular complexity index is 1330. The molecule has 0 bridgehead atoms. The molecule has 2 atom stereocenters. The number of ether oxygens (including phenoxy) is 1. The van der Waals surface area contributed by atoms with Gasteiger partial charge in [0, 0.05) is 18.7 Å². The van der Waals surface area contributed by atoms with Crippen LogP contribution in [0.3, 0.4) is 0 Å². The lowest BCUT2D eigenvalue weighted by Gasteiger charge is -2.43. The number of morpholine rings is 1. The number of carboxylic acid groups (broad SMARTS) is 1. The van der Waals surface area contributed by atoms with Crippen molar-refractivity contribution in [1.29, 1.82) is 0 Å². The molecule has 1 saturated heterocycles. The summed E-state index contributed by atoms with van der Waals surface area (Å²) in [5.74, 6) is -6.13. The van der Waals surface area contributed by atoms with E-state index in [1.54, 1.807) is 4.90 Å². The van der Waals surface area contributed by atoms with Crippen LogP contribution in [0.25, 0.3) is 0 Å². The molecular weight excluding hydrogens is 532 g/mol. The minimum Gasteiger partial charge on any atom is -0.475 e. The van der Waals surface area contributed by atoms with Crippen molar-refractivity contribution in [3.63, 3.8) is 0 Å². The highest BCUT2D eigenvalue weighted by molar-refractivity contribution is 6.99. The monoisotopic (exact) mass is 567 g/mol. The molecule has 4 rings (SSSR count). The fraction of sp³-hybridized carbons (Fsp3) is 0.355. The number of carboxylic acids is 1. The van der Waals surface area contributed by atoms with Gasteiger partial charge in [-0.1, -0.05) is 81.4 Å². The molecule has 1 aliphatic rings. The number of carbonyl (C=O) groups is 2. The second kappa shape index (κ2) is 11.6. The number of Topliss-reactive ketones (excluding diaryl/α,β-unsaturated/α-hetero) is 1. The third kappa shape index (κ3) is 5.59. The molecule has 0 aromatic heterocycles. The van der Waals surface area contributed by atoms with E-state index in [0.717, 1.165) is 16.4 Å². The second-order valence-electron chi connectivity index (χ2n) is 11.3.